The molecule has 7 nitrogen and oxygen atoms in total. The molecular weight excluding hydrogens is 428 g/mol. The Morgan fingerprint density at radius 2 is 1.87 bits per heavy atom. The number of sulfonamides is 1. The highest BCUT2D eigenvalue weighted by molar-refractivity contribution is 7.89. The Balaban J connectivity index is 2.25. The van der Waals surface area contributed by atoms with Crippen molar-refractivity contribution in [3.63, 3.8) is 0 Å². The van der Waals surface area contributed by atoms with Crippen LogP contribution in [0.1, 0.15) is 19.4 Å². The van der Waals surface area contributed by atoms with Crippen LogP contribution in [-0.2, 0) is 14.8 Å². The molecule has 0 radical (unpaired) electrons. The van der Waals surface area contributed by atoms with Crippen molar-refractivity contribution in [1.29, 1.82) is 0 Å². The summed E-state index contributed by atoms with van der Waals surface area (Å²) in [5.74, 6) is 0.381. The number of para-hydroxylation sites is 1. The van der Waals surface area contributed by atoms with Gasteiger partial charge in [0, 0.05) is 20.2 Å². The van der Waals surface area contributed by atoms with Gasteiger partial charge in [0.25, 0.3) is 0 Å². The third-order valence-corrected chi connectivity index (χ3v) is 6.09. The highest BCUT2D eigenvalue weighted by Gasteiger charge is 2.21. The van der Waals surface area contributed by atoms with Gasteiger partial charge in [-0.1, -0.05) is 23.7 Å². The molecule has 0 aliphatic heterocycles. The lowest BCUT2D eigenvalue weighted by molar-refractivity contribution is -0.111. The molecule has 0 spiro atoms. The summed E-state index contributed by atoms with van der Waals surface area (Å²) in [7, 11) is 0.654. The number of methoxy groups -OCH3 is 1. The lowest BCUT2D eigenvalue weighted by Crippen LogP contribution is -2.24. The number of hydrogen-bond acceptors (Lipinski definition) is 5. The molecule has 0 aliphatic carbocycles. The summed E-state index contributed by atoms with van der Waals surface area (Å²) in [5, 5.41) is 2.95. The van der Waals surface area contributed by atoms with Crippen molar-refractivity contribution in [3.05, 3.63) is 53.1 Å². The second-order valence-electron chi connectivity index (χ2n) is 6.81. The summed E-state index contributed by atoms with van der Waals surface area (Å²) in [5.41, 5.74) is 0.814. The molecular formula is C21H25ClN2O5S. The summed E-state index contributed by atoms with van der Waals surface area (Å²) in [4.78, 5) is 12.4. The van der Waals surface area contributed by atoms with Gasteiger partial charge in [0.15, 0.2) is 11.5 Å². The van der Waals surface area contributed by atoms with E-state index in [0.717, 1.165) is 4.31 Å². The van der Waals surface area contributed by atoms with E-state index in [-0.39, 0.29) is 16.7 Å². The molecule has 1 amide bonds. The fourth-order valence-electron chi connectivity index (χ4n) is 2.52. The van der Waals surface area contributed by atoms with Gasteiger partial charge in [-0.25, -0.2) is 12.7 Å². The molecule has 0 unspecified atom stereocenters. The van der Waals surface area contributed by atoms with E-state index < -0.39 is 15.9 Å². The number of carbonyl (C=O) groups excluding carboxylic acids is 1. The average Bonchev–Trinajstić information content (AvgIpc) is 2.68. The van der Waals surface area contributed by atoms with Crippen molar-refractivity contribution < 1.29 is 22.7 Å². The molecule has 1 N–H and O–H groups in total. The van der Waals surface area contributed by atoms with Crippen LogP contribution in [0.3, 0.4) is 0 Å². The fourth-order valence-corrected chi connectivity index (χ4v) is 3.83. The minimum absolute atomic E-state index is 0.0108. The van der Waals surface area contributed by atoms with E-state index in [9.17, 15) is 13.2 Å². The molecule has 0 heterocycles. The number of carbonyl (C=O) groups is 1. The monoisotopic (exact) mass is 452 g/mol. The van der Waals surface area contributed by atoms with Crippen molar-refractivity contribution in [2.75, 3.05) is 26.5 Å². The highest BCUT2D eigenvalue weighted by Crippen LogP contribution is 2.37. The molecule has 2 aromatic rings. The predicted octanol–water partition coefficient (Wildman–Crippen LogP) is 4.04. The number of hydrogen-bond donors (Lipinski definition) is 1. The van der Waals surface area contributed by atoms with Crippen molar-refractivity contribution in [2.45, 2.75) is 24.8 Å². The Morgan fingerprint density at radius 1 is 1.20 bits per heavy atom. The van der Waals surface area contributed by atoms with E-state index in [0.29, 0.717) is 22.1 Å². The maximum atomic E-state index is 12.4. The second-order valence-corrected chi connectivity index (χ2v) is 9.33. The van der Waals surface area contributed by atoms with Gasteiger partial charge in [-0.15, -0.1) is 0 Å². The van der Waals surface area contributed by atoms with Crippen LogP contribution in [0.2, 0.25) is 5.02 Å². The fraction of sp³-hybridized carbons (Fsp3) is 0.286. The quantitative estimate of drug-likeness (QED) is 0.611. The van der Waals surface area contributed by atoms with Gasteiger partial charge < -0.3 is 14.8 Å². The van der Waals surface area contributed by atoms with Crippen LogP contribution in [0.4, 0.5) is 5.69 Å². The molecule has 2 aromatic carbocycles. The lowest BCUT2D eigenvalue weighted by atomic mass is 10.1. The Labute approximate surface area is 182 Å². The maximum absolute atomic E-state index is 12.4. The van der Waals surface area contributed by atoms with E-state index in [4.69, 9.17) is 21.1 Å². The summed E-state index contributed by atoms with van der Waals surface area (Å²) in [6.07, 6.45) is 2.75. The van der Waals surface area contributed by atoms with Gasteiger partial charge >= 0.3 is 0 Å². The molecule has 162 valence electrons. The van der Waals surface area contributed by atoms with Crippen LogP contribution in [0, 0.1) is 0 Å². The number of nitrogens with zero attached hydrogens (tertiary/aromatic N) is 1. The summed E-state index contributed by atoms with van der Waals surface area (Å²) in [6.45, 7) is 3.75. The number of halogens is 1. The van der Waals surface area contributed by atoms with E-state index in [2.05, 4.69) is 5.32 Å². The molecule has 0 saturated carbocycles. The van der Waals surface area contributed by atoms with Gasteiger partial charge in [0.2, 0.25) is 15.9 Å². The largest absolute Gasteiger partial charge is 0.493 e. The molecule has 0 bridgehead atoms. The Hall–Kier alpha value is -2.55. The third kappa shape index (κ3) is 5.75. The van der Waals surface area contributed by atoms with Crippen molar-refractivity contribution >= 4 is 39.3 Å². The number of nitrogens with one attached hydrogen (secondary N) is 1. The van der Waals surface area contributed by atoms with Crippen LogP contribution < -0.4 is 14.8 Å². The van der Waals surface area contributed by atoms with Gasteiger partial charge in [-0.05, 0) is 49.8 Å². The standard InChI is InChI=1S/C21H25ClN2O5S/c1-14(2)29-21-16(22)12-15(13-18(21)28-5)10-11-20(25)23-17-8-6-7-9-19(17)30(26,27)24(3)4/h6-14H,1-5H3,(H,23,25)/b11-10+. The zero-order chi connectivity index (χ0) is 22.5. The molecule has 9 heteroatoms. The SMILES string of the molecule is COc1cc(/C=C/C(=O)Nc2ccccc2S(=O)(=O)N(C)C)cc(Cl)c1OC(C)C. The molecule has 0 aliphatic rings. The molecule has 2 rings (SSSR count). The van der Waals surface area contributed by atoms with E-state index in [1.54, 1.807) is 30.3 Å². The van der Waals surface area contributed by atoms with Crippen molar-refractivity contribution in [1.82, 2.24) is 4.31 Å². The zero-order valence-electron chi connectivity index (χ0n) is 17.5. The maximum Gasteiger partial charge on any atom is 0.248 e. The molecule has 0 saturated heterocycles. The molecule has 30 heavy (non-hydrogen) atoms. The number of amides is 1. The summed E-state index contributed by atoms with van der Waals surface area (Å²) < 4.78 is 37.0. The molecule has 0 fully saturated rings. The third-order valence-electron chi connectivity index (χ3n) is 3.94. The molecule has 0 aromatic heterocycles. The first-order chi connectivity index (χ1) is 14.1. The van der Waals surface area contributed by atoms with Crippen LogP contribution in [0.15, 0.2) is 47.4 Å². The normalized spacial score (nSPS) is 11.9. The van der Waals surface area contributed by atoms with Gasteiger partial charge in [-0.2, -0.15) is 0 Å². The van der Waals surface area contributed by atoms with Crippen LogP contribution >= 0.6 is 11.6 Å². The van der Waals surface area contributed by atoms with Gasteiger partial charge in [0.05, 0.1) is 23.9 Å². The smallest absolute Gasteiger partial charge is 0.248 e. The van der Waals surface area contributed by atoms with Gasteiger partial charge in [0.1, 0.15) is 4.90 Å². The Bertz CT molecular complexity index is 1050. The van der Waals surface area contributed by atoms with E-state index in [1.165, 1.54) is 39.4 Å². The first-order valence-corrected chi connectivity index (χ1v) is 10.9. The summed E-state index contributed by atoms with van der Waals surface area (Å²) >= 11 is 6.29. The van der Waals surface area contributed by atoms with Crippen LogP contribution in [0.25, 0.3) is 6.08 Å². The van der Waals surface area contributed by atoms with E-state index in [1.807, 2.05) is 13.8 Å². The average molecular weight is 453 g/mol. The first kappa shape index (κ1) is 23.7. The highest BCUT2D eigenvalue weighted by atomic mass is 35.5. The molecule has 0 atom stereocenters. The summed E-state index contributed by atoms with van der Waals surface area (Å²) in [6, 6.07) is 9.55. The van der Waals surface area contributed by atoms with Crippen molar-refractivity contribution in [2.24, 2.45) is 0 Å². The number of ether oxygens (including phenoxy) is 2. The number of anilines is 1. The second kappa shape index (κ2) is 9.97. The topological polar surface area (TPSA) is 84.9 Å². The van der Waals surface area contributed by atoms with Gasteiger partial charge in [-0.3, -0.25) is 4.79 Å². The minimum atomic E-state index is -3.70. The van der Waals surface area contributed by atoms with Crippen LogP contribution in [-0.4, -0.2) is 45.9 Å². The van der Waals surface area contributed by atoms with Crippen molar-refractivity contribution in [3.8, 4) is 11.5 Å². The Kier molecular flexibility index (Phi) is 7.89. The minimum Gasteiger partial charge on any atom is -0.493 e. The lowest BCUT2D eigenvalue weighted by Gasteiger charge is -2.16. The zero-order valence-corrected chi connectivity index (χ0v) is 19.0. The number of benzene rings is 2. The number of rotatable bonds is 8. The Morgan fingerprint density at radius 3 is 2.47 bits per heavy atom. The first-order valence-electron chi connectivity index (χ1n) is 9.11. The predicted molar refractivity (Wildman–Crippen MR) is 119 cm³/mol. The van der Waals surface area contributed by atoms with Crippen LogP contribution in [0.5, 0.6) is 11.5 Å². The van der Waals surface area contributed by atoms with E-state index >= 15 is 0 Å².